The van der Waals surface area contributed by atoms with Crippen LogP contribution in [0.25, 0.3) is 0 Å². The SMILES string of the molecule is O=S(OC(CF)CCO)c1ccccc1. The lowest BCUT2D eigenvalue weighted by Gasteiger charge is -2.11. The molecule has 2 unspecified atom stereocenters. The fraction of sp³-hybridized carbons (Fsp3) is 0.400. The van der Waals surface area contributed by atoms with Gasteiger partial charge in [0.15, 0.2) is 11.1 Å². The summed E-state index contributed by atoms with van der Waals surface area (Å²) in [6, 6.07) is 8.54. The van der Waals surface area contributed by atoms with Crippen LogP contribution in [0.3, 0.4) is 0 Å². The lowest BCUT2D eigenvalue weighted by atomic mass is 10.3. The van der Waals surface area contributed by atoms with Crippen molar-refractivity contribution in [3.05, 3.63) is 30.3 Å². The quantitative estimate of drug-likeness (QED) is 0.807. The molecule has 0 radical (unpaired) electrons. The first-order valence-electron chi connectivity index (χ1n) is 4.58. The molecule has 0 aliphatic rings. The van der Waals surface area contributed by atoms with Gasteiger partial charge in [-0.1, -0.05) is 18.2 Å². The first-order chi connectivity index (χ1) is 7.27. The molecule has 0 bridgehead atoms. The van der Waals surface area contributed by atoms with Gasteiger partial charge in [0.1, 0.15) is 12.8 Å². The first kappa shape index (κ1) is 12.3. The number of aliphatic hydroxyl groups excluding tert-OH is 1. The molecule has 0 heterocycles. The highest BCUT2D eigenvalue weighted by Gasteiger charge is 2.13. The predicted molar refractivity (Wildman–Crippen MR) is 55.4 cm³/mol. The lowest BCUT2D eigenvalue weighted by Crippen LogP contribution is -2.18. The van der Waals surface area contributed by atoms with Crippen LogP contribution in [-0.2, 0) is 15.3 Å². The Kier molecular flexibility index (Phi) is 5.45. The number of alkyl halides is 1. The van der Waals surface area contributed by atoms with Crippen molar-refractivity contribution in [3.8, 4) is 0 Å². The number of hydrogen-bond acceptors (Lipinski definition) is 3. The lowest BCUT2D eigenvalue weighted by molar-refractivity contribution is 0.141. The van der Waals surface area contributed by atoms with Crippen molar-refractivity contribution >= 4 is 11.1 Å². The Morgan fingerprint density at radius 3 is 2.60 bits per heavy atom. The topological polar surface area (TPSA) is 46.5 Å². The fourth-order valence-electron chi connectivity index (χ4n) is 1.01. The maximum absolute atomic E-state index is 12.4. The first-order valence-corrected chi connectivity index (χ1v) is 5.66. The maximum atomic E-state index is 12.4. The molecule has 0 amide bonds. The van der Waals surface area contributed by atoms with Crippen LogP contribution in [0.4, 0.5) is 4.39 Å². The Balaban J connectivity index is 2.55. The van der Waals surface area contributed by atoms with Gasteiger partial charge in [-0.3, -0.25) is 4.18 Å². The molecule has 1 N–H and O–H groups in total. The van der Waals surface area contributed by atoms with Crippen molar-refractivity contribution in [2.45, 2.75) is 17.4 Å². The third kappa shape index (κ3) is 4.07. The van der Waals surface area contributed by atoms with Gasteiger partial charge >= 0.3 is 0 Å². The van der Waals surface area contributed by atoms with Crippen LogP contribution in [0.1, 0.15) is 6.42 Å². The van der Waals surface area contributed by atoms with Gasteiger partial charge < -0.3 is 5.11 Å². The van der Waals surface area contributed by atoms with E-state index in [4.69, 9.17) is 9.29 Å². The summed E-state index contributed by atoms with van der Waals surface area (Å²) in [7, 11) is 0. The van der Waals surface area contributed by atoms with Crippen molar-refractivity contribution in [1.82, 2.24) is 0 Å². The molecule has 1 rings (SSSR count). The molecule has 1 aromatic rings. The van der Waals surface area contributed by atoms with E-state index < -0.39 is 23.9 Å². The summed E-state index contributed by atoms with van der Waals surface area (Å²) in [6.07, 6.45) is -0.661. The third-order valence-electron chi connectivity index (χ3n) is 1.78. The number of aliphatic hydroxyl groups is 1. The number of halogens is 1. The molecule has 1 aromatic carbocycles. The minimum absolute atomic E-state index is 0.148. The molecular formula is C10H13FO3S. The molecule has 0 aliphatic heterocycles. The average Bonchev–Trinajstić information content (AvgIpc) is 2.29. The van der Waals surface area contributed by atoms with Crippen LogP contribution in [-0.4, -0.2) is 28.7 Å². The molecular weight excluding hydrogens is 219 g/mol. The van der Waals surface area contributed by atoms with Crippen LogP contribution in [0.15, 0.2) is 35.2 Å². The van der Waals surface area contributed by atoms with Gasteiger partial charge in [0.05, 0.1) is 4.90 Å². The zero-order valence-electron chi connectivity index (χ0n) is 8.14. The molecule has 0 saturated heterocycles. The smallest absolute Gasteiger partial charge is 0.189 e. The Morgan fingerprint density at radius 2 is 2.07 bits per heavy atom. The Bertz CT molecular complexity index is 305. The summed E-state index contributed by atoms with van der Waals surface area (Å²) in [5.41, 5.74) is 0. The zero-order chi connectivity index (χ0) is 11.1. The largest absolute Gasteiger partial charge is 0.396 e. The van der Waals surface area contributed by atoms with E-state index in [2.05, 4.69) is 0 Å². The molecule has 0 aliphatic carbocycles. The molecule has 84 valence electrons. The molecule has 0 spiro atoms. The summed E-state index contributed by atoms with van der Waals surface area (Å²) >= 11 is -1.67. The van der Waals surface area contributed by atoms with Crippen LogP contribution in [0.5, 0.6) is 0 Å². The van der Waals surface area contributed by atoms with Gasteiger partial charge in [0.25, 0.3) is 0 Å². The number of hydrogen-bond donors (Lipinski definition) is 1. The highest BCUT2D eigenvalue weighted by Crippen LogP contribution is 2.11. The molecule has 0 fully saturated rings. The van der Waals surface area contributed by atoms with E-state index in [9.17, 15) is 8.60 Å². The summed E-state index contributed by atoms with van der Waals surface area (Å²) in [6.45, 7) is -0.931. The minimum Gasteiger partial charge on any atom is -0.396 e. The van der Waals surface area contributed by atoms with E-state index >= 15 is 0 Å². The Morgan fingerprint density at radius 1 is 1.40 bits per heavy atom. The summed E-state index contributed by atoms with van der Waals surface area (Å²) in [5, 5.41) is 8.61. The second-order valence-corrected chi connectivity index (χ2v) is 4.07. The van der Waals surface area contributed by atoms with Gasteiger partial charge in [-0.2, -0.15) is 0 Å². The maximum Gasteiger partial charge on any atom is 0.189 e. The second-order valence-electron chi connectivity index (χ2n) is 2.93. The van der Waals surface area contributed by atoms with E-state index in [1.807, 2.05) is 0 Å². The molecule has 0 aromatic heterocycles. The molecule has 3 nitrogen and oxygen atoms in total. The third-order valence-corrected chi connectivity index (χ3v) is 2.89. The average molecular weight is 232 g/mol. The van der Waals surface area contributed by atoms with E-state index in [1.165, 1.54) is 0 Å². The van der Waals surface area contributed by atoms with Crippen LogP contribution < -0.4 is 0 Å². The van der Waals surface area contributed by atoms with E-state index in [1.54, 1.807) is 30.3 Å². The summed E-state index contributed by atoms with van der Waals surface area (Å²) in [4.78, 5) is 0.494. The molecule has 5 heteroatoms. The molecule has 2 atom stereocenters. The summed E-state index contributed by atoms with van der Waals surface area (Å²) < 4.78 is 28.8. The van der Waals surface area contributed by atoms with Crippen LogP contribution in [0.2, 0.25) is 0 Å². The van der Waals surface area contributed by atoms with Gasteiger partial charge in [0, 0.05) is 13.0 Å². The van der Waals surface area contributed by atoms with Gasteiger partial charge in [-0.25, -0.2) is 8.60 Å². The van der Waals surface area contributed by atoms with Crippen molar-refractivity contribution in [1.29, 1.82) is 0 Å². The van der Waals surface area contributed by atoms with Crippen molar-refractivity contribution < 1.29 is 17.9 Å². The minimum atomic E-state index is -1.67. The molecule has 15 heavy (non-hydrogen) atoms. The normalized spacial score (nSPS) is 14.8. The zero-order valence-corrected chi connectivity index (χ0v) is 8.95. The van der Waals surface area contributed by atoms with Gasteiger partial charge in [-0.05, 0) is 12.1 Å². The Labute approximate surface area is 90.5 Å². The van der Waals surface area contributed by atoms with Crippen molar-refractivity contribution in [2.24, 2.45) is 0 Å². The van der Waals surface area contributed by atoms with E-state index in [0.29, 0.717) is 4.90 Å². The van der Waals surface area contributed by atoms with E-state index in [0.717, 1.165) is 0 Å². The van der Waals surface area contributed by atoms with Gasteiger partial charge in [-0.15, -0.1) is 0 Å². The monoisotopic (exact) mass is 232 g/mol. The molecule has 0 saturated carbocycles. The summed E-state index contributed by atoms with van der Waals surface area (Å²) in [5.74, 6) is 0. The van der Waals surface area contributed by atoms with Crippen LogP contribution >= 0.6 is 0 Å². The van der Waals surface area contributed by atoms with E-state index in [-0.39, 0.29) is 13.0 Å². The van der Waals surface area contributed by atoms with Crippen molar-refractivity contribution in [2.75, 3.05) is 13.3 Å². The standard InChI is InChI=1S/C10H13FO3S/c11-8-9(6-7-12)14-15(13)10-4-2-1-3-5-10/h1-5,9,12H,6-8H2. The highest BCUT2D eigenvalue weighted by molar-refractivity contribution is 7.80. The Hall–Kier alpha value is -0.780. The number of rotatable bonds is 6. The van der Waals surface area contributed by atoms with Crippen LogP contribution in [0, 0.1) is 0 Å². The second kappa shape index (κ2) is 6.66. The van der Waals surface area contributed by atoms with Gasteiger partial charge in [0.2, 0.25) is 0 Å². The fourth-order valence-corrected chi connectivity index (χ4v) is 1.89. The predicted octanol–water partition coefficient (Wildman–Crippen LogP) is 1.45. The number of benzene rings is 1. The highest BCUT2D eigenvalue weighted by atomic mass is 32.2. The van der Waals surface area contributed by atoms with Crippen molar-refractivity contribution in [3.63, 3.8) is 0 Å².